The molecule has 1 atom stereocenters. The SMILES string of the molecule is C[C@]1(C(=O)N2CCC(c3[nH]ncc3Cc3ccccc3)CC2)CCCNC1. The van der Waals surface area contributed by atoms with E-state index in [2.05, 4.69) is 57.7 Å². The van der Waals surface area contributed by atoms with E-state index in [-0.39, 0.29) is 5.41 Å². The van der Waals surface area contributed by atoms with E-state index in [1.165, 1.54) is 16.8 Å². The van der Waals surface area contributed by atoms with Crippen LogP contribution < -0.4 is 5.32 Å². The van der Waals surface area contributed by atoms with Gasteiger partial charge in [0.15, 0.2) is 0 Å². The van der Waals surface area contributed by atoms with Gasteiger partial charge in [0.2, 0.25) is 5.91 Å². The Kier molecular flexibility index (Phi) is 5.30. The largest absolute Gasteiger partial charge is 0.342 e. The molecule has 4 rings (SSSR count). The van der Waals surface area contributed by atoms with Gasteiger partial charge in [-0.15, -0.1) is 0 Å². The lowest BCUT2D eigenvalue weighted by Gasteiger charge is -2.40. The minimum Gasteiger partial charge on any atom is -0.342 e. The topological polar surface area (TPSA) is 61.0 Å². The summed E-state index contributed by atoms with van der Waals surface area (Å²) in [7, 11) is 0. The quantitative estimate of drug-likeness (QED) is 0.874. The van der Waals surface area contributed by atoms with Crippen molar-refractivity contribution in [3.8, 4) is 0 Å². The molecule has 27 heavy (non-hydrogen) atoms. The Labute approximate surface area is 161 Å². The van der Waals surface area contributed by atoms with Gasteiger partial charge in [0.05, 0.1) is 11.6 Å². The van der Waals surface area contributed by atoms with Crippen LogP contribution in [0.2, 0.25) is 0 Å². The first-order chi connectivity index (χ1) is 13.2. The predicted molar refractivity (Wildman–Crippen MR) is 107 cm³/mol. The second-order valence-electron chi connectivity index (χ2n) is 8.38. The minimum atomic E-state index is -0.225. The molecule has 1 aromatic carbocycles. The number of aromatic nitrogens is 2. The Hall–Kier alpha value is -2.14. The van der Waals surface area contributed by atoms with Crippen molar-refractivity contribution in [2.75, 3.05) is 26.2 Å². The van der Waals surface area contributed by atoms with Crippen molar-refractivity contribution in [3.63, 3.8) is 0 Å². The van der Waals surface area contributed by atoms with Crippen LogP contribution in [0.5, 0.6) is 0 Å². The highest BCUT2D eigenvalue weighted by molar-refractivity contribution is 5.82. The number of hydrogen-bond donors (Lipinski definition) is 2. The molecule has 2 fully saturated rings. The maximum absolute atomic E-state index is 13.0. The number of piperidine rings is 2. The van der Waals surface area contributed by atoms with E-state index in [4.69, 9.17) is 0 Å². The lowest BCUT2D eigenvalue weighted by molar-refractivity contribution is -0.143. The molecule has 2 saturated heterocycles. The van der Waals surface area contributed by atoms with Crippen LogP contribution in [0.15, 0.2) is 36.5 Å². The summed E-state index contributed by atoms with van der Waals surface area (Å²) in [4.78, 5) is 15.1. The number of H-pyrrole nitrogens is 1. The minimum absolute atomic E-state index is 0.225. The van der Waals surface area contributed by atoms with Crippen LogP contribution in [0.1, 0.15) is 55.3 Å². The molecule has 0 unspecified atom stereocenters. The highest BCUT2D eigenvalue weighted by Crippen LogP contribution is 2.33. The van der Waals surface area contributed by atoms with Crippen molar-refractivity contribution in [2.45, 2.75) is 44.9 Å². The van der Waals surface area contributed by atoms with Gasteiger partial charge in [-0.1, -0.05) is 30.3 Å². The average Bonchev–Trinajstić information content (AvgIpc) is 3.17. The second-order valence-corrected chi connectivity index (χ2v) is 8.38. The van der Waals surface area contributed by atoms with Crippen molar-refractivity contribution in [1.82, 2.24) is 20.4 Å². The van der Waals surface area contributed by atoms with Gasteiger partial charge >= 0.3 is 0 Å². The fourth-order valence-corrected chi connectivity index (χ4v) is 4.62. The molecular weight excluding hydrogens is 336 g/mol. The monoisotopic (exact) mass is 366 g/mol. The van der Waals surface area contributed by atoms with E-state index in [1.54, 1.807) is 0 Å². The number of amides is 1. The molecular formula is C22H30N4O. The summed E-state index contributed by atoms with van der Waals surface area (Å²) < 4.78 is 0. The van der Waals surface area contributed by atoms with Gasteiger partial charge in [-0.25, -0.2) is 0 Å². The molecule has 2 aliphatic heterocycles. The van der Waals surface area contributed by atoms with E-state index in [9.17, 15) is 4.79 Å². The van der Waals surface area contributed by atoms with E-state index in [0.717, 1.165) is 58.3 Å². The number of aromatic amines is 1. The maximum atomic E-state index is 13.0. The highest BCUT2D eigenvalue weighted by atomic mass is 16.2. The molecule has 5 nitrogen and oxygen atoms in total. The average molecular weight is 367 g/mol. The van der Waals surface area contributed by atoms with Gasteiger partial charge in [0.25, 0.3) is 0 Å². The summed E-state index contributed by atoms with van der Waals surface area (Å²) in [6.45, 7) is 5.68. The fraction of sp³-hybridized carbons (Fsp3) is 0.545. The van der Waals surface area contributed by atoms with Crippen molar-refractivity contribution in [1.29, 1.82) is 0 Å². The Bertz CT molecular complexity index is 756. The number of carbonyl (C=O) groups is 1. The zero-order valence-corrected chi connectivity index (χ0v) is 16.2. The van der Waals surface area contributed by atoms with Crippen molar-refractivity contribution in [3.05, 3.63) is 53.3 Å². The molecule has 0 saturated carbocycles. The van der Waals surface area contributed by atoms with E-state index in [0.29, 0.717) is 11.8 Å². The number of nitrogens with zero attached hydrogens (tertiary/aromatic N) is 2. The summed E-state index contributed by atoms with van der Waals surface area (Å²) in [5.41, 5.74) is 3.63. The Morgan fingerprint density at radius 1 is 1.26 bits per heavy atom. The molecule has 2 N–H and O–H groups in total. The van der Waals surface area contributed by atoms with E-state index < -0.39 is 0 Å². The van der Waals surface area contributed by atoms with Gasteiger partial charge in [0.1, 0.15) is 0 Å². The van der Waals surface area contributed by atoms with Crippen LogP contribution in [0.3, 0.4) is 0 Å². The third-order valence-electron chi connectivity index (χ3n) is 6.29. The van der Waals surface area contributed by atoms with Crippen molar-refractivity contribution >= 4 is 5.91 Å². The zero-order chi connectivity index (χ0) is 18.7. The first kappa shape index (κ1) is 18.2. The van der Waals surface area contributed by atoms with E-state index >= 15 is 0 Å². The lowest BCUT2D eigenvalue weighted by Crippen LogP contribution is -2.52. The molecule has 2 aliphatic rings. The van der Waals surface area contributed by atoms with Gasteiger partial charge < -0.3 is 10.2 Å². The summed E-state index contributed by atoms with van der Waals surface area (Å²) in [5.74, 6) is 0.801. The van der Waals surface area contributed by atoms with Gasteiger partial charge in [-0.3, -0.25) is 9.89 Å². The predicted octanol–water partition coefficient (Wildman–Crippen LogP) is 3.10. The highest BCUT2D eigenvalue weighted by Gasteiger charge is 2.39. The summed E-state index contributed by atoms with van der Waals surface area (Å²) in [6, 6.07) is 10.5. The molecule has 144 valence electrons. The van der Waals surface area contributed by atoms with Crippen LogP contribution in [0, 0.1) is 5.41 Å². The standard InChI is InChI=1S/C22H30N4O/c1-22(10-5-11-23-16-22)21(27)26-12-8-18(9-13-26)20-19(15-24-25-20)14-17-6-3-2-4-7-17/h2-4,6-7,15,18,23H,5,8-14,16H2,1H3,(H,24,25)/t22-/m0/s1. The molecule has 0 bridgehead atoms. The van der Waals surface area contributed by atoms with Gasteiger partial charge in [-0.2, -0.15) is 5.10 Å². The molecule has 1 amide bonds. The summed E-state index contributed by atoms with van der Waals surface area (Å²) in [5, 5.41) is 11.0. The van der Waals surface area contributed by atoms with Crippen LogP contribution in [-0.2, 0) is 11.2 Å². The van der Waals surface area contributed by atoms with E-state index in [1.807, 2.05) is 6.20 Å². The van der Waals surface area contributed by atoms with Gasteiger partial charge in [-0.05, 0) is 50.3 Å². The molecule has 0 aliphatic carbocycles. The number of benzene rings is 1. The van der Waals surface area contributed by atoms with Crippen molar-refractivity contribution in [2.24, 2.45) is 5.41 Å². The number of hydrogen-bond acceptors (Lipinski definition) is 3. The Balaban J connectivity index is 1.38. The van der Waals surface area contributed by atoms with Crippen LogP contribution in [-0.4, -0.2) is 47.2 Å². The molecule has 3 heterocycles. The van der Waals surface area contributed by atoms with Crippen molar-refractivity contribution < 1.29 is 4.79 Å². The van der Waals surface area contributed by atoms with Crippen LogP contribution in [0.4, 0.5) is 0 Å². The molecule has 0 radical (unpaired) electrons. The van der Waals surface area contributed by atoms with Crippen LogP contribution in [0.25, 0.3) is 0 Å². The first-order valence-electron chi connectivity index (χ1n) is 10.2. The number of nitrogens with one attached hydrogen (secondary N) is 2. The molecule has 1 aromatic heterocycles. The number of carbonyl (C=O) groups excluding carboxylic acids is 1. The normalized spacial score (nSPS) is 24.1. The smallest absolute Gasteiger partial charge is 0.229 e. The Morgan fingerprint density at radius 2 is 2.04 bits per heavy atom. The summed E-state index contributed by atoms with van der Waals surface area (Å²) in [6.07, 6.45) is 7.00. The lowest BCUT2D eigenvalue weighted by atomic mass is 9.80. The Morgan fingerprint density at radius 3 is 2.74 bits per heavy atom. The second kappa shape index (κ2) is 7.85. The van der Waals surface area contributed by atoms with Crippen LogP contribution >= 0.6 is 0 Å². The molecule has 0 spiro atoms. The fourth-order valence-electron chi connectivity index (χ4n) is 4.62. The number of likely N-dealkylation sites (tertiary alicyclic amines) is 1. The molecule has 5 heteroatoms. The number of rotatable bonds is 4. The van der Waals surface area contributed by atoms with Gasteiger partial charge in [0, 0.05) is 37.7 Å². The maximum Gasteiger partial charge on any atom is 0.229 e. The third kappa shape index (κ3) is 3.93. The molecule has 2 aromatic rings. The summed E-state index contributed by atoms with van der Waals surface area (Å²) >= 11 is 0. The first-order valence-corrected chi connectivity index (χ1v) is 10.2. The third-order valence-corrected chi connectivity index (χ3v) is 6.29. The zero-order valence-electron chi connectivity index (χ0n) is 16.2.